The maximum absolute atomic E-state index is 8.74. The van der Waals surface area contributed by atoms with Gasteiger partial charge in [0.1, 0.15) is 5.44 Å². The van der Waals surface area contributed by atoms with Crippen molar-refractivity contribution in [3.63, 3.8) is 0 Å². The van der Waals surface area contributed by atoms with Crippen molar-refractivity contribution in [1.29, 1.82) is 0 Å². The van der Waals surface area contributed by atoms with Crippen molar-refractivity contribution in [3.05, 3.63) is 0 Å². The lowest BCUT2D eigenvalue weighted by Gasteiger charge is -2.00. The minimum Gasteiger partial charge on any atom is -0.382 e. The van der Waals surface area contributed by atoms with Gasteiger partial charge in [0.2, 0.25) is 0 Å². The molecule has 0 aromatic carbocycles. The average molecular weight is 138 g/mol. The van der Waals surface area contributed by atoms with Crippen molar-refractivity contribution in [2.24, 2.45) is 0 Å². The smallest absolute Gasteiger partial charge is 0.109 e. The van der Waals surface area contributed by atoms with E-state index >= 15 is 0 Å². The summed E-state index contributed by atoms with van der Waals surface area (Å²) >= 11 is 3.82. The van der Waals surface area contributed by atoms with Crippen molar-refractivity contribution in [2.75, 3.05) is 0 Å². The summed E-state index contributed by atoms with van der Waals surface area (Å²) in [5.41, 5.74) is -0.270. The Morgan fingerprint density at radius 2 is 2.43 bits per heavy atom. The first-order chi connectivity index (χ1) is 3.31. The molecule has 0 amide bonds. The maximum Gasteiger partial charge on any atom is 0.109 e. The predicted molar refractivity (Wildman–Crippen MR) is 37.5 cm³/mol. The summed E-state index contributed by atoms with van der Waals surface area (Å²) in [6, 6.07) is 0. The molecule has 0 rings (SSSR count). The fourth-order valence-corrected chi connectivity index (χ4v) is 0.957. The SMILES string of the molecule is CCCC(O)SS. The molecule has 1 N–H and O–H groups in total. The molecule has 0 spiro atoms. The van der Waals surface area contributed by atoms with Crippen LogP contribution in [0.15, 0.2) is 0 Å². The van der Waals surface area contributed by atoms with Gasteiger partial charge < -0.3 is 5.11 Å². The van der Waals surface area contributed by atoms with E-state index in [4.69, 9.17) is 5.11 Å². The van der Waals surface area contributed by atoms with Crippen LogP contribution in [-0.2, 0) is 0 Å². The van der Waals surface area contributed by atoms with Gasteiger partial charge in [0.25, 0.3) is 0 Å². The van der Waals surface area contributed by atoms with E-state index in [-0.39, 0.29) is 5.44 Å². The van der Waals surface area contributed by atoms with Crippen molar-refractivity contribution in [2.45, 2.75) is 25.2 Å². The average Bonchev–Trinajstić information content (AvgIpc) is 1.68. The summed E-state index contributed by atoms with van der Waals surface area (Å²) < 4.78 is 0. The van der Waals surface area contributed by atoms with Crippen molar-refractivity contribution >= 4 is 22.5 Å². The molecule has 0 saturated heterocycles. The molecule has 0 fully saturated rings. The van der Waals surface area contributed by atoms with Crippen LogP contribution in [0.1, 0.15) is 19.8 Å². The number of rotatable bonds is 3. The van der Waals surface area contributed by atoms with Crippen molar-refractivity contribution < 1.29 is 5.11 Å². The predicted octanol–water partition coefficient (Wildman–Crippen LogP) is 1.68. The van der Waals surface area contributed by atoms with Gasteiger partial charge in [-0.25, -0.2) is 0 Å². The third kappa shape index (κ3) is 4.51. The lowest BCUT2D eigenvalue weighted by atomic mass is 10.4. The van der Waals surface area contributed by atoms with Crippen molar-refractivity contribution in [3.8, 4) is 0 Å². The van der Waals surface area contributed by atoms with Crippen LogP contribution in [0, 0.1) is 0 Å². The molecule has 3 heteroatoms. The highest BCUT2D eigenvalue weighted by atomic mass is 33.1. The van der Waals surface area contributed by atoms with E-state index in [1.165, 1.54) is 10.8 Å². The Labute approximate surface area is 53.3 Å². The van der Waals surface area contributed by atoms with Gasteiger partial charge in [-0.1, -0.05) is 24.1 Å². The zero-order chi connectivity index (χ0) is 5.70. The highest BCUT2D eigenvalue weighted by molar-refractivity contribution is 8.68. The Balaban J connectivity index is 2.83. The quantitative estimate of drug-likeness (QED) is 0.351. The fourth-order valence-electron chi connectivity index (χ4n) is 0.300. The van der Waals surface area contributed by atoms with Gasteiger partial charge in [-0.2, -0.15) is 0 Å². The molecule has 0 heterocycles. The topological polar surface area (TPSA) is 20.2 Å². The van der Waals surface area contributed by atoms with Crippen LogP contribution in [0.25, 0.3) is 0 Å². The Morgan fingerprint density at radius 3 is 2.57 bits per heavy atom. The summed E-state index contributed by atoms with van der Waals surface area (Å²) in [4.78, 5) is 0. The summed E-state index contributed by atoms with van der Waals surface area (Å²) in [5.74, 6) is 0. The molecule has 0 radical (unpaired) electrons. The van der Waals surface area contributed by atoms with E-state index in [9.17, 15) is 0 Å². The number of hydrogen-bond acceptors (Lipinski definition) is 3. The van der Waals surface area contributed by atoms with Crippen LogP contribution < -0.4 is 0 Å². The molecule has 1 nitrogen and oxygen atoms in total. The first-order valence-corrected chi connectivity index (χ1v) is 4.22. The monoisotopic (exact) mass is 138 g/mol. The van der Waals surface area contributed by atoms with E-state index in [0.717, 1.165) is 12.8 Å². The van der Waals surface area contributed by atoms with Crippen LogP contribution in [0.5, 0.6) is 0 Å². The number of thiol groups is 1. The number of hydrogen-bond donors (Lipinski definition) is 2. The molecule has 0 aromatic rings. The van der Waals surface area contributed by atoms with Gasteiger partial charge in [0, 0.05) is 0 Å². The van der Waals surface area contributed by atoms with Gasteiger partial charge in [0.15, 0.2) is 0 Å². The number of aliphatic hydroxyl groups is 1. The van der Waals surface area contributed by atoms with Gasteiger partial charge in [-0.15, -0.1) is 11.7 Å². The summed E-state index contributed by atoms with van der Waals surface area (Å²) in [6.07, 6.45) is 1.86. The summed E-state index contributed by atoms with van der Waals surface area (Å²) in [7, 11) is 1.20. The van der Waals surface area contributed by atoms with E-state index in [1.807, 2.05) is 6.92 Å². The Kier molecular flexibility index (Phi) is 5.26. The second-order valence-electron chi connectivity index (χ2n) is 1.35. The molecule has 44 valence electrons. The van der Waals surface area contributed by atoms with Gasteiger partial charge in [-0.3, -0.25) is 0 Å². The molecule has 7 heavy (non-hydrogen) atoms. The van der Waals surface area contributed by atoms with Crippen LogP contribution >= 0.6 is 22.5 Å². The van der Waals surface area contributed by atoms with Crippen LogP contribution in [0.4, 0.5) is 0 Å². The van der Waals surface area contributed by atoms with Gasteiger partial charge in [0.05, 0.1) is 0 Å². The highest BCUT2D eigenvalue weighted by Crippen LogP contribution is 2.15. The zero-order valence-electron chi connectivity index (χ0n) is 4.29. The summed E-state index contributed by atoms with van der Waals surface area (Å²) in [6.45, 7) is 2.03. The Bertz CT molecular complexity index is 40.7. The highest BCUT2D eigenvalue weighted by Gasteiger charge is 1.96. The minimum atomic E-state index is -0.270. The molecule has 0 aliphatic carbocycles. The van der Waals surface area contributed by atoms with E-state index < -0.39 is 0 Å². The normalized spacial score (nSPS) is 14.1. The lowest BCUT2D eigenvalue weighted by Crippen LogP contribution is -1.94. The largest absolute Gasteiger partial charge is 0.382 e. The fraction of sp³-hybridized carbons (Fsp3) is 1.00. The molecular weight excluding hydrogens is 128 g/mol. The molecule has 0 saturated carbocycles. The standard InChI is InChI=1S/C4H10OS2/c1-2-3-4(5)7-6/h4-6H,2-3H2,1H3. The Hall–Kier alpha value is 0.660. The van der Waals surface area contributed by atoms with Gasteiger partial charge in [-0.05, 0) is 6.42 Å². The second kappa shape index (κ2) is 4.81. The molecule has 0 aromatic heterocycles. The van der Waals surface area contributed by atoms with Gasteiger partial charge >= 0.3 is 0 Å². The minimum absolute atomic E-state index is 0.270. The number of aliphatic hydroxyl groups excluding tert-OH is 1. The molecule has 1 atom stereocenters. The van der Waals surface area contributed by atoms with Crippen LogP contribution in [0.3, 0.4) is 0 Å². The third-order valence-electron chi connectivity index (χ3n) is 0.657. The summed E-state index contributed by atoms with van der Waals surface area (Å²) in [5, 5.41) is 8.74. The van der Waals surface area contributed by atoms with Crippen LogP contribution in [-0.4, -0.2) is 10.5 Å². The lowest BCUT2D eigenvalue weighted by molar-refractivity contribution is 0.253. The van der Waals surface area contributed by atoms with Crippen molar-refractivity contribution in [1.82, 2.24) is 0 Å². The Morgan fingerprint density at radius 1 is 1.86 bits per heavy atom. The molecule has 0 aliphatic heterocycles. The van der Waals surface area contributed by atoms with E-state index in [1.54, 1.807) is 0 Å². The second-order valence-corrected chi connectivity index (χ2v) is 2.74. The molecular formula is C4H10OS2. The first kappa shape index (κ1) is 7.66. The maximum atomic E-state index is 8.74. The zero-order valence-corrected chi connectivity index (χ0v) is 6.01. The molecule has 0 aliphatic rings. The van der Waals surface area contributed by atoms with Crippen LogP contribution in [0.2, 0.25) is 0 Å². The first-order valence-electron chi connectivity index (χ1n) is 2.29. The molecule has 1 unspecified atom stereocenters. The third-order valence-corrected chi connectivity index (χ3v) is 1.87. The molecule has 0 bridgehead atoms. The van der Waals surface area contributed by atoms with E-state index in [2.05, 4.69) is 11.7 Å². The van der Waals surface area contributed by atoms with E-state index in [0.29, 0.717) is 0 Å².